The molecule has 0 saturated carbocycles. The van der Waals surface area contributed by atoms with Crippen LogP contribution in [0.15, 0.2) is 28.7 Å². The van der Waals surface area contributed by atoms with E-state index in [0.717, 1.165) is 17.5 Å². The predicted octanol–water partition coefficient (Wildman–Crippen LogP) is 1.77. The fourth-order valence-corrected chi connectivity index (χ4v) is 2.95. The van der Waals surface area contributed by atoms with Gasteiger partial charge in [-0.2, -0.15) is 0 Å². The average Bonchev–Trinajstić information content (AvgIpc) is 2.39. The Morgan fingerprint density at radius 2 is 1.82 bits per heavy atom. The third-order valence-electron chi connectivity index (χ3n) is 3.07. The number of sulfonamides is 1. The molecule has 0 radical (unpaired) electrons. The van der Waals surface area contributed by atoms with Gasteiger partial charge in [0.15, 0.2) is 0 Å². The van der Waals surface area contributed by atoms with E-state index in [0.29, 0.717) is 5.84 Å². The number of benzene rings is 1. The van der Waals surface area contributed by atoms with Gasteiger partial charge in [0.2, 0.25) is 0 Å². The molecule has 17 heavy (non-hydrogen) atoms. The van der Waals surface area contributed by atoms with Crippen molar-refractivity contribution in [3.05, 3.63) is 29.8 Å². The van der Waals surface area contributed by atoms with Gasteiger partial charge >= 0.3 is 0 Å². The molecule has 1 aromatic rings. The normalized spacial score (nSPS) is 20.7. The van der Waals surface area contributed by atoms with Gasteiger partial charge in [0.1, 0.15) is 5.84 Å². The maximum absolute atomic E-state index is 11.4. The summed E-state index contributed by atoms with van der Waals surface area (Å²) in [6, 6.07) is 7.88. The number of hydrogen-bond acceptors (Lipinski definition) is 2. The molecular formula is C12H16N2O2S. The van der Waals surface area contributed by atoms with Crippen LogP contribution in [0, 0.1) is 0 Å². The molecule has 5 heteroatoms. The first-order chi connectivity index (χ1) is 7.73. The molecular weight excluding hydrogens is 236 g/mol. The van der Waals surface area contributed by atoms with Crippen LogP contribution in [-0.4, -0.2) is 27.6 Å². The van der Waals surface area contributed by atoms with Crippen LogP contribution in [0.4, 0.5) is 5.69 Å². The summed E-state index contributed by atoms with van der Waals surface area (Å²) in [5, 5.41) is 0. The van der Waals surface area contributed by atoms with Crippen LogP contribution in [0.3, 0.4) is 0 Å². The van der Waals surface area contributed by atoms with Gasteiger partial charge in [0.25, 0.3) is 10.0 Å². The molecule has 0 spiro atoms. The summed E-state index contributed by atoms with van der Waals surface area (Å²) in [7, 11) is -1.54. The Morgan fingerprint density at radius 1 is 1.24 bits per heavy atom. The predicted molar refractivity (Wildman–Crippen MR) is 70.1 cm³/mol. The highest BCUT2D eigenvalue weighted by Crippen LogP contribution is 2.41. The number of nitrogens with zero attached hydrogens (tertiary/aromatic N) is 2. The van der Waals surface area contributed by atoms with Crippen molar-refractivity contribution in [2.24, 2.45) is 4.40 Å². The minimum absolute atomic E-state index is 0.381. The molecule has 1 heterocycles. The van der Waals surface area contributed by atoms with Crippen LogP contribution < -0.4 is 4.90 Å². The Balaban J connectivity index is 2.67. The van der Waals surface area contributed by atoms with Crippen LogP contribution in [0.25, 0.3) is 0 Å². The molecule has 0 N–H and O–H groups in total. The number of anilines is 1. The Hall–Kier alpha value is -1.36. The van der Waals surface area contributed by atoms with E-state index in [1.54, 1.807) is 0 Å². The average molecular weight is 252 g/mol. The third kappa shape index (κ3) is 1.95. The molecule has 0 atom stereocenters. The van der Waals surface area contributed by atoms with Gasteiger partial charge in [-0.05, 0) is 25.5 Å². The molecule has 0 amide bonds. The maximum Gasteiger partial charge on any atom is 0.251 e. The summed E-state index contributed by atoms with van der Waals surface area (Å²) in [5.74, 6) is 0.571. The molecule has 1 aromatic carbocycles. The van der Waals surface area contributed by atoms with Crippen LogP contribution in [0.5, 0.6) is 0 Å². The molecule has 0 aliphatic carbocycles. The zero-order valence-electron chi connectivity index (χ0n) is 10.4. The van der Waals surface area contributed by atoms with Crippen molar-refractivity contribution in [2.45, 2.75) is 19.3 Å². The van der Waals surface area contributed by atoms with Crippen molar-refractivity contribution < 1.29 is 8.42 Å². The summed E-state index contributed by atoms with van der Waals surface area (Å²) < 4.78 is 26.6. The third-order valence-corrected chi connectivity index (χ3v) is 3.57. The quantitative estimate of drug-likeness (QED) is 0.765. The first-order valence-corrected chi connectivity index (χ1v) is 7.22. The van der Waals surface area contributed by atoms with E-state index >= 15 is 0 Å². The molecule has 0 unspecified atom stereocenters. The molecule has 0 bridgehead atoms. The van der Waals surface area contributed by atoms with Crippen molar-refractivity contribution in [3.8, 4) is 0 Å². The van der Waals surface area contributed by atoms with E-state index in [9.17, 15) is 8.42 Å². The number of rotatable bonds is 1. The number of fused-ring (bicyclic) bond motifs is 1. The lowest BCUT2D eigenvalue weighted by Gasteiger charge is -2.21. The smallest absolute Gasteiger partial charge is 0.251 e. The Morgan fingerprint density at radius 3 is 2.35 bits per heavy atom. The second kappa shape index (κ2) is 3.57. The first kappa shape index (κ1) is 12.1. The van der Waals surface area contributed by atoms with Crippen LogP contribution in [0.1, 0.15) is 19.4 Å². The summed E-state index contributed by atoms with van der Waals surface area (Å²) in [4.78, 5) is 1.84. The van der Waals surface area contributed by atoms with Gasteiger partial charge in [-0.3, -0.25) is 0 Å². The van der Waals surface area contributed by atoms with Crippen molar-refractivity contribution in [1.29, 1.82) is 0 Å². The standard InChI is InChI=1S/C12H16N2O2S/c1-12(2)9-7-5-6-8-10(9)14(3)11(12)13-17(4,15)16/h5-8H,1-4H3/b13-11-. The Bertz CT molecular complexity index is 588. The monoisotopic (exact) mass is 252 g/mol. The maximum atomic E-state index is 11.4. The topological polar surface area (TPSA) is 49.7 Å². The van der Waals surface area contributed by atoms with Crippen molar-refractivity contribution >= 4 is 21.5 Å². The summed E-state index contributed by atoms with van der Waals surface area (Å²) >= 11 is 0. The SMILES string of the molecule is CN1/C(=N\S(C)(=O)=O)C(C)(C)c2ccccc21. The van der Waals surface area contributed by atoms with E-state index in [4.69, 9.17) is 0 Å². The summed E-state index contributed by atoms with van der Waals surface area (Å²) in [6.45, 7) is 3.97. The Kier molecular flexibility index (Phi) is 2.54. The molecule has 92 valence electrons. The number of para-hydroxylation sites is 1. The minimum Gasteiger partial charge on any atom is -0.331 e. The molecule has 0 aromatic heterocycles. The molecule has 1 aliphatic heterocycles. The summed E-state index contributed by atoms with van der Waals surface area (Å²) in [5.41, 5.74) is 1.74. The fourth-order valence-electron chi connectivity index (χ4n) is 2.28. The molecule has 0 fully saturated rings. The second-order valence-electron chi connectivity index (χ2n) is 4.85. The van der Waals surface area contributed by atoms with E-state index in [2.05, 4.69) is 4.40 Å². The lowest BCUT2D eigenvalue weighted by Crippen LogP contribution is -2.34. The lowest BCUT2D eigenvalue weighted by molar-refractivity contribution is 0.602. The first-order valence-electron chi connectivity index (χ1n) is 5.37. The van der Waals surface area contributed by atoms with E-state index < -0.39 is 10.0 Å². The minimum atomic E-state index is -3.38. The van der Waals surface area contributed by atoms with E-state index in [-0.39, 0.29) is 5.41 Å². The van der Waals surface area contributed by atoms with Gasteiger partial charge in [0.05, 0.1) is 11.7 Å². The van der Waals surface area contributed by atoms with Gasteiger partial charge < -0.3 is 4.90 Å². The van der Waals surface area contributed by atoms with Gasteiger partial charge in [0, 0.05) is 12.7 Å². The molecule has 4 nitrogen and oxygen atoms in total. The highest BCUT2D eigenvalue weighted by atomic mass is 32.2. The van der Waals surface area contributed by atoms with Gasteiger partial charge in [-0.15, -0.1) is 4.40 Å². The van der Waals surface area contributed by atoms with Crippen LogP contribution >= 0.6 is 0 Å². The Labute approximate surface area is 102 Å². The van der Waals surface area contributed by atoms with E-state index in [1.165, 1.54) is 0 Å². The number of likely N-dealkylation sites (N-methyl/N-ethyl adjacent to an activating group) is 1. The largest absolute Gasteiger partial charge is 0.331 e. The lowest BCUT2D eigenvalue weighted by atomic mass is 9.86. The highest BCUT2D eigenvalue weighted by molar-refractivity contribution is 7.89. The van der Waals surface area contributed by atoms with Crippen molar-refractivity contribution in [2.75, 3.05) is 18.2 Å². The van der Waals surface area contributed by atoms with Gasteiger partial charge in [-0.1, -0.05) is 18.2 Å². The zero-order valence-corrected chi connectivity index (χ0v) is 11.2. The highest BCUT2D eigenvalue weighted by Gasteiger charge is 2.40. The second-order valence-corrected chi connectivity index (χ2v) is 6.50. The zero-order chi connectivity index (χ0) is 12.8. The fraction of sp³-hybridized carbons (Fsp3) is 0.417. The molecule has 0 saturated heterocycles. The van der Waals surface area contributed by atoms with Crippen molar-refractivity contribution in [3.63, 3.8) is 0 Å². The number of hydrogen-bond donors (Lipinski definition) is 0. The van der Waals surface area contributed by atoms with Crippen LogP contribution in [-0.2, 0) is 15.4 Å². The summed E-state index contributed by atoms with van der Waals surface area (Å²) in [6.07, 6.45) is 1.12. The van der Waals surface area contributed by atoms with Crippen LogP contribution in [0.2, 0.25) is 0 Å². The van der Waals surface area contributed by atoms with Crippen molar-refractivity contribution in [1.82, 2.24) is 0 Å². The molecule has 2 rings (SSSR count). The van der Waals surface area contributed by atoms with Gasteiger partial charge in [-0.25, -0.2) is 8.42 Å². The van der Waals surface area contributed by atoms with E-state index in [1.807, 2.05) is 50.1 Å². The molecule has 1 aliphatic rings. The number of amidine groups is 1.